The molecule has 0 radical (unpaired) electrons. The molecule has 0 spiro atoms. The van der Waals surface area contributed by atoms with Gasteiger partial charge in [0.25, 0.3) is 0 Å². The first kappa shape index (κ1) is 36.2. The third-order valence-corrected chi connectivity index (χ3v) is 5.34. The zero-order chi connectivity index (χ0) is 28.0. The van der Waals surface area contributed by atoms with E-state index in [2.05, 4.69) is 18.3 Å². The van der Waals surface area contributed by atoms with Crippen molar-refractivity contribution in [2.45, 2.75) is 79.3 Å². The van der Waals surface area contributed by atoms with E-state index in [0.717, 1.165) is 0 Å². The molecule has 0 bridgehead atoms. The minimum absolute atomic E-state index is 0. The van der Waals surface area contributed by atoms with Crippen LogP contribution in [-0.4, -0.2) is 55.8 Å². The summed E-state index contributed by atoms with van der Waals surface area (Å²) in [5, 5.41) is 2.60. The molecule has 1 aromatic carbocycles. The number of nitrogens with one attached hydrogen (secondary N) is 1. The summed E-state index contributed by atoms with van der Waals surface area (Å²) < 4.78 is 27.4. The fourth-order valence-electron chi connectivity index (χ4n) is 3.49. The monoisotopic (exact) mass is 759 g/mol. The number of amides is 1. The third kappa shape index (κ3) is 14.4. The number of ether oxygens (including phenoxy) is 5. The van der Waals surface area contributed by atoms with Crippen LogP contribution >= 0.6 is 0 Å². The molecule has 1 N–H and O–H groups in total. The molecule has 1 saturated heterocycles. The first-order valence-electron chi connectivity index (χ1n) is 12.7. The molecule has 3 unspecified atom stereocenters. The molecular formula is C28H43NO8U. The first-order valence-corrected chi connectivity index (χ1v) is 12.7. The molecule has 38 heavy (non-hydrogen) atoms. The minimum Gasteiger partial charge on any atom is -0.517 e. The van der Waals surface area contributed by atoms with Crippen molar-refractivity contribution in [1.29, 1.82) is 0 Å². The van der Waals surface area contributed by atoms with Crippen molar-refractivity contribution >= 4 is 18.0 Å². The van der Waals surface area contributed by atoms with Crippen LogP contribution in [-0.2, 0) is 28.5 Å². The van der Waals surface area contributed by atoms with Crippen LogP contribution in [0.15, 0.2) is 24.3 Å². The maximum Gasteiger partial charge on any atom is 2.00 e. The second-order valence-electron chi connectivity index (χ2n) is 9.93. The summed E-state index contributed by atoms with van der Waals surface area (Å²) in [6.45, 7) is 16.2. The molecule has 1 fully saturated rings. The van der Waals surface area contributed by atoms with Gasteiger partial charge < -0.3 is 35.9 Å². The van der Waals surface area contributed by atoms with Crippen molar-refractivity contribution in [3.05, 3.63) is 37.3 Å². The average Bonchev–Trinajstić information content (AvgIpc) is 2.83. The minimum atomic E-state index is -1.06. The van der Waals surface area contributed by atoms with Gasteiger partial charge in [0, 0.05) is 25.8 Å². The molecule has 212 valence electrons. The molecule has 1 amide bonds. The van der Waals surface area contributed by atoms with Gasteiger partial charge in [-0.2, -0.15) is 25.1 Å². The first-order chi connectivity index (χ1) is 17.4. The molecule has 1 aliphatic rings. The summed E-state index contributed by atoms with van der Waals surface area (Å²) in [4.78, 5) is 37.3. The summed E-state index contributed by atoms with van der Waals surface area (Å²) >= 11 is 0. The SMILES string of the molecule is CC(OC(=O)C1CCOC(COc2[c-]cccc2)C1)OC(=O)[C@@H](CNC(=O)OC(C)(C)C)C(C)C.[CH2-]C.[U+2]. The van der Waals surface area contributed by atoms with Crippen molar-refractivity contribution in [2.24, 2.45) is 17.8 Å². The Balaban J connectivity index is 0.00000445. The Morgan fingerprint density at radius 2 is 1.84 bits per heavy atom. The van der Waals surface area contributed by atoms with Crippen LogP contribution in [0, 0.1) is 61.9 Å². The number of rotatable bonds is 10. The van der Waals surface area contributed by atoms with Crippen LogP contribution in [0.25, 0.3) is 0 Å². The van der Waals surface area contributed by atoms with Gasteiger partial charge in [-0.15, -0.1) is 12.1 Å². The predicted octanol–water partition coefficient (Wildman–Crippen LogP) is 4.73. The van der Waals surface area contributed by atoms with Crippen molar-refractivity contribution in [3.63, 3.8) is 0 Å². The Morgan fingerprint density at radius 3 is 2.42 bits per heavy atom. The molecule has 4 atom stereocenters. The van der Waals surface area contributed by atoms with E-state index in [9.17, 15) is 14.4 Å². The van der Waals surface area contributed by atoms with Crippen LogP contribution in [0.2, 0.25) is 0 Å². The molecular weight excluding hydrogens is 716 g/mol. The fraction of sp³-hybridized carbons (Fsp3) is 0.643. The van der Waals surface area contributed by atoms with Crippen LogP contribution in [0.5, 0.6) is 5.75 Å². The quantitative estimate of drug-likeness (QED) is 0.208. The largest absolute Gasteiger partial charge is 2.00 e. The van der Waals surface area contributed by atoms with Gasteiger partial charge in [-0.1, -0.05) is 13.8 Å². The Hall–Kier alpha value is -1.76. The smallest absolute Gasteiger partial charge is 0.517 e. The summed E-state index contributed by atoms with van der Waals surface area (Å²) in [7, 11) is 0. The predicted molar refractivity (Wildman–Crippen MR) is 138 cm³/mol. The molecule has 0 saturated carbocycles. The van der Waals surface area contributed by atoms with Crippen molar-refractivity contribution in [2.75, 3.05) is 19.8 Å². The van der Waals surface area contributed by atoms with Crippen LogP contribution < -0.4 is 10.1 Å². The van der Waals surface area contributed by atoms with E-state index in [1.807, 2.05) is 26.0 Å². The summed E-state index contributed by atoms with van der Waals surface area (Å²) in [5.41, 5.74) is -0.643. The van der Waals surface area contributed by atoms with Crippen molar-refractivity contribution < 1.29 is 69.2 Å². The second-order valence-corrected chi connectivity index (χ2v) is 9.93. The third-order valence-electron chi connectivity index (χ3n) is 5.34. The Bertz CT molecular complexity index is 828. The van der Waals surface area contributed by atoms with E-state index in [1.165, 1.54) is 6.92 Å². The number of carbonyl (C=O) groups excluding carboxylic acids is 3. The van der Waals surface area contributed by atoms with Crippen molar-refractivity contribution in [3.8, 4) is 5.75 Å². The Morgan fingerprint density at radius 1 is 1.16 bits per heavy atom. The molecule has 1 heterocycles. The molecule has 0 aromatic heterocycles. The molecule has 10 heteroatoms. The van der Waals surface area contributed by atoms with E-state index in [0.29, 0.717) is 31.8 Å². The number of esters is 2. The Kier molecular flexibility index (Phi) is 17.7. The van der Waals surface area contributed by atoms with Gasteiger partial charge in [0.15, 0.2) is 0 Å². The number of alkyl carbamates (subject to hydrolysis) is 1. The second kappa shape index (κ2) is 18.5. The number of hydrogen-bond donors (Lipinski definition) is 1. The van der Waals surface area contributed by atoms with Gasteiger partial charge in [-0.3, -0.25) is 9.59 Å². The topological polar surface area (TPSA) is 109 Å². The van der Waals surface area contributed by atoms with E-state index in [-0.39, 0.29) is 55.6 Å². The summed E-state index contributed by atoms with van der Waals surface area (Å²) in [6, 6.07) is 10.3. The van der Waals surface area contributed by atoms with Gasteiger partial charge >= 0.3 is 49.1 Å². The summed E-state index contributed by atoms with van der Waals surface area (Å²) in [5.74, 6) is -1.51. The maximum absolute atomic E-state index is 12.7. The van der Waals surface area contributed by atoms with Gasteiger partial charge in [0.05, 0.1) is 17.9 Å². The zero-order valence-corrected chi connectivity index (χ0v) is 27.9. The molecule has 9 nitrogen and oxygen atoms in total. The molecule has 1 aliphatic heterocycles. The fourth-order valence-corrected chi connectivity index (χ4v) is 3.49. The zero-order valence-electron chi connectivity index (χ0n) is 23.7. The normalized spacial score (nSPS) is 18.4. The van der Waals surface area contributed by atoms with E-state index in [4.69, 9.17) is 23.7 Å². The van der Waals surface area contributed by atoms with Gasteiger partial charge in [0.2, 0.25) is 6.29 Å². The number of para-hydroxylation sites is 1. The maximum atomic E-state index is 12.7. The number of hydrogen-bond acceptors (Lipinski definition) is 8. The van der Waals surface area contributed by atoms with E-state index < -0.39 is 35.8 Å². The van der Waals surface area contributed by atoms with E-state index in [1.54, 1.807) is 39.8 Å². The molecule has 1 aromatic rings. The number of carbonyl (C=O) groups is 3. The van der Waals surface area contributed by atoms with Crippen LogP contribution in [0.4, 0.5) is 4.79 Å². The summed E-state index contributed by atoms with van der Waals surface area (Å²) in [6.07, 6.45) is -0.965. The molecule has 2 rings (SSSR count). The van der Waals surface area contributed by atoms with Crippen LogP contribution in [0.3, 0.4) is 0 Å². The Labute approximate surface area is 251 Å². The molecule has 0 aliphatic carbocycles. The van der Waals surface area contributed by atoms with Gasteiger partial charge in [0.1, 0.15) is 12.2 Å². The van der Waals surface area contributed by atoms with E-state index >= 15 is 0 Å². The van der Waals surface area contributed by atoms with Gasteiger partial charge in [-0.25, -0.2) is 4.79 Å². The van der Waals surface area contributed by atoms with Gasteiger partial charge in [-0.05, 0) is 39.5 Å². The number of benzene rings is 1. The van der Waals surface area contributed by atoms with Crippen molar-refractivity contribution in [1.82, 2.24) is 5.32 Å². The standard InChI is InChI=1S/C26H38NO8.C2H5.U/c1-17(2)22(15-27-25(30)35-26(4,5)6)24(29)34-18(3)33-23(28)19-12-13-31-21(14-19)16-32-20-10-8-7-9-11-20;1-2;/h7-10,17-19,21-22H,12-16H2,1-6H3,(H,27,30);1H2,2H3;/q2*-1;+2/t18?,19?,21?,22-;;/m0../s1. The van der Waals surface area contributed by atoms with Crippen LogP contribution in [0.1, 0.15) is 61.3 Å². The average molecular weight is 760 g/mol.